The van der Waals surface area contributed by atoms with Crippen LogP contribution in [0.3, 0.4) is 0 Å². The predicted octanol–water partition coefficient (Wildman–Crippen LogP) is 11.1. The zero-order chi connectivity index (χ0) is 36.8. The van der Waals surface area contributed by atoms with E-state index < -0.39 is 17.6 Å². The van der Waals surface area contributed by atoms with Crippen molar-refractivity contribution in [2.24, 2.45) is 20.5 Å². The van der Waals surface area contributed by atoms with Crippen molar-refractivity contribution in [2.45, 2.75) is 45.3 Å². The van der Waals surface area contributed by atoms with Gasteiger partial charge in [-0.25, -0.2) is 0 Å². The Labute approximate surface area is 307 Å². The molecule has 1 atom stereocenters. The first kappa shape index (κ1) is 34.8. The number of esters is 2. The molecule has 0 fully saturated rings. The highest BCUT2D eigenvalue weighted by molar-refractivity contribution is 6.10. The highest BCUT2D eigenvalue weighted by Crippen LogP contribution is 2.43. The summed E-state index contributed by atoms with van der Waals surface area (Å²) in [6, 6.07) is 38.6. The number of carbonyl (C=O) groups excluding carboxylic acids is 2. The van der Waals surface area contributed by atoms with Crippen LogP contribution in [0.2, 0.25) is 0 Å². The number of fused-ring (bicyclic) bond motifs is 1. The summed E-state index contributed by atoms with van der Waals surface area (Å²) < 4.78 is 11.0. The van der Waals surface area contributed by atoms with Gasteiger partial charge in [0.1, 0.15) is 18.0 Å². The van der Waals surface area contributed by atoms with Gasteiger partial charge in [0.25, 0.3) is 0 Å². The van der Waals surface area contributed by atoms with Gasteiger partial charge in [0.2, 0.25) is 0 Å². The summed E-state index contributed by atoms with van der Waals surface area (Å²) in [6.07, 6.45) is -0.195. The number of benzene rings is 6. The minimum Gasteiger partial charge on any atom is -0.461 e. The van der Waals surface area contributed by atoms with E-state index in [-0.39, 0.29) is 25.5 Å². The van der Waals surface area contributed by atoms with Crippen molar-refractivity contribution < 1.29 is 19.1 Å². The lowest BCUT2D eigenvalue weighted by atomic mass is 9.99. The maximum Gasteiger partial charge on any atom is 0.311 e. The second-order valence-corrected chi connectivity index (χ2v) is 13.3. The average molecular weight is 706 g/mol. The van der Waals surface area contributed by atoms with Crippen LogP contribution in [0.1, 0.15) is 33.6 Å². The van der Waals surface area contributed by atoms with Gasteiger partial charge in [-0.2, -0.15) is 5.11 Å². The first-order valence-electron chi connectivity index (χ1n) is 17.5. The molecule has 6 aromatic carbocycles. The van der Waals surface area contributed by atoms with Gasteiger partial charge < -0.3 is 25.4 Å². The van der Waals surface area contributed by atoms with Crippen LogP contribution in [0, 0.1) is 0 Å². The van der Waals surface area contributed by atoms with E-state index in [1.54, 1.807) is 12.1 Å². The largest absolute Gasteiger partial charge is 0.461 e. The fourth-order valence-corrected chi connectivity index (χ4v) is 6.18. The van der Waals surface area contributed by atoms with E-state index in [4.69, 9.17) is 14.6 Å². The van der Waals surface area contributed by atoms with Gasteiger partial charge in [0, 0.05) is 44.6 Å². The van der Waals surface area contributed by atoms with Crippen LogP contribution in [-0.4, -0.2) is 30.3 Å². The fourth-order valence-electron chi connectivity index (χ4n) is 6.18. The molecule has 266 valence electrons. The summed E-state index contributed by atoms with van der Waals surface area (Å²) in [4.78, 5) is 25.1. The monoisotopic (exact) mass is 705 g/mol. The maximum absolute atomic E-state index is 12.7. The van der Waals surface area contributed by atoms with Crippen LogP contribution in [0.4, 0.5) is 39.8 Å². The number of hydrogen-bond donors (Lipinski definition) is 3. The predicted molar refractivity (Wildman–Crippen MR) is 209 cm³/mol. The summed E-state index contributed by atoms with van der Waals surface area (Å²) in [6.45, 7) is 6.03. The molecule has 1 unspecified atom stereocenters. The molecule has 53 heavy (non-hydrogen) atoms. The van der Waals surface area contributed by atoms with Gasteiger partial charge in [0.15, 0.2) is 0 Å². The summed E-state index contributed by atoms with van der Waals surface area (Å²) >= 11 is 0. The lowest BCUT2D eigenvalue weighted by Gasteiger charge is -2.38. The Hall–Kier alpha value is -6.62. The fraction of sp³-hybridized carbons (Fsp3) is 0.190. The molecule has 1 heterocycles. The summed E-state index contributed by atoms with van der Waals surface area (Å²) in [7, 11) is 0. The first-order chi connectivity index (χ1) is 25.7. The highest BCUT2D eigenvalue weighted by atomic mass is 16.5. The molecule has 0 saturated carbocycles. The molecule has 11 nitrogen and oxygen atoms in total. The molecular formula is C42H39N7O4. The van der Waals surface area contributed by atoms with E-state index in [1.165, 1.54) is 0 Å². The third-order valence-electron chi connectivity index (χ3n) is 8.61. The summed E-state index contributed by atoms with van der Waals surface area (Å²) in [5.41, 5.74) is 4.80. The van der Waals surface area contributed by atoms with E-state index in [0.717, 1.165) is 50.0 Å². The van der Waals surface area contributed by atoms with Gasteiger partial charge in [-0.15, -0.1) is 15.3 Å². The van der Waals surface area contributed by atoms with Crippen LogP contribution in [0.5, 0.6) is 5.75 Å². The molecule has 1 aliphatic heterocycles. The smallest absolute Gasteiger partial charge is 0.311 e. The van der Waals surface area contributed by atoms with Crippen LogP contribution in [-0.2, 0) is 14.3 Å². The highest BCUT2D eigenvalue weighted by Gasteiger charge is 2.32. The number of azo groups is 2. The van der Waals surface area contributed by atoms with Crippen LogP contribution >= 0.6 is 0 Å². The van der Waals surface area contributed by atoms with Crippen molar-refractivity contribution >= 4 is 73.3 Å². The number of rotatable bonds is 12. The number of anilines is 3. The Bertz CT molecular complexity index is 2330. The molecule has 0 aliphatic carbocycles. The molecule has 0 amide bonds. The van der Waals surface area contributed by atoms with Gasteiger partial charge in [-0.05, 0) is 87.5 Å². The van der Waals surface area contributed by atoms with Crippen molar-refractivity contribution in [3.8, 4) is 5.75 Å². The molecule has 11 heteroatoms. The van der Waals surface area contributed by atoms with Crippen molar-refractivity contribution in [2.75, 3.05) is 22.6 Å². The van der Waals surface area contributed by atoms with Gasteiger partial charge in [0.05, 0.1) is 35.6 Å². The molecule has 0 aromatic heterocycles. The van der Waals surface area contributed by atoms with Crippen molar-refractivity contribution in [1.82, 2.24) is 0 Å². The average Bonchev–Trinajstić information content (AvgIpc) is 3.16. The van der Waals surface area contributed by atoms with Crippen molar-refractivity contribution in [3.05, 3.63) is 121 Å². The van der Waals surface area contributed by atoms with E-state index in [2.05, 4.69) is 31.3 Å². The van der Waals surface area contributed by atoms with Gasteiger partial charge in [-0.1, -0.05) is 54.6 Å². The van der Waals surface area contributed by atoms with E-state index in [9.17, 15) is 9.59 Å². The van der Waals surface area contributed by atoms with Crippen LogP contribution in [0.15, 0.2) is 142 Å². The second-order valence-electron chi connectivity index (χ2n) is 13.3. The zero-order valence-electron chi connectivity index (χ0n) is 29.7. The number of carbonyl (C=O) groups is 2. The van der Waals surface area contributed by atoms with Crippen molar-refractivity contribution in [1.29, 1.82) is 0 Å². The molecular weight excluding hydrogens is 667 g/mol. The minimum atomic E-state index is -0.801. The lowest BCUT2D eigenvalue weighted by Crippen LogP contribution is -2.49. The lowest BCUT2D eigenvalue weighted by molar-refractivity contribution is -0.147. The van der Waals surface area contributed by atoms with Gasteiger partial charge >= 0.3 is 11.9 Å². The third-order valence-corrected chi connectivity index (χ3v) is 8.61. The zero-order valence-corrected chi connectivity index (χ0v) is 29.7. The molecule has 1 aliphatic rings. The molecule has 7 rings (SSSR count). The number of ether oxygens (including phenoxy) is 2. The standard InChI is InChI=1S/C42H39N7O4/c1-27(2)43-28-16-18-30(19-17-28)53-40(51)25-24-39(50)52-26-42(3)44-37-15-9-14-33-36(22-23-38(45-42)41(33)37)49-48-35-21-20-34(31-12-7-8-13-32(31)35)47-46-29-10-5-4-6-11-29/h4-23,27,43-45H,24-26H2,1-3H3/b47-46+,49-48+. The summed E-state index contributed by atoms with van der Waals surface area (Å²) in [5.74, 6) is -0.581. The maximum atomic E-state index is 12.7. The molecule has 0 bridgehead atoms. The molecule has 6 aromatic rings. The Kier molecular flexibility index (Phi) is 10.1. The topological polar surface area (TPSA) is 138 Å². The minimum absolute atomic E-state index is 0.0243. The Morgan fingerprint density at radius 1 is 0.642 bits per heavy atom. The summed E-state index contributed by atoms with van der Waals surface area (Å²) in [5, 5.41) is 32.2. The molecule has 0 saturated heterocycles. The quantitative estimate of drug-likeness (QED) is 0.0654. The Morgan fingerprint density at radius 2 is 1.21 bits per heavy atom. The molecule has 0 spiro atoms. The van der Waals surface area contributed by atoms with E-state index in [1.807, 2.05) is 130 Å². The van der Waals surface area contributed by atoms with Crippen LogP contribution < -0.4 is 20.7 Å². The van der Waals surface area contributed by atoms with E-state index >= 15 is 0 Å². The number of hydrogen-bond acceptors (Lipinski definition) is 11. The number of nitrogens with one attached hydrogen (secondary N) is 3. The third kappa shape index (κ3) is 8.31. The second kappa shape index (κ2) is 15.3. The van der Waals surface area contributed by atoms with Crippen molar-refractivity contribution in [3.63, 3.8) is 0 Å². The molecule has 3 N–H and O–H groups in total. The first-order valence-corrected chi connectivity index (χ1v) is 17.5. The Morgan fingerprint density at radius 3 is 1.89 bits per heavy atom. The van der Waals surface area contributed by atoms with Gasteiger partial charge in [-0.3, -0.25) is 9.59 Å². The van der Waals surface area contributed by atoms with Crippen LogP contribution in [0.25, 0.3) is 21.5 Å². The number of nitrogens with zero attached hydrogens (tertiary/aromatic N) is 4. The Balaban J connectivity index is 0.995. The van der Waals surface area contributed by atoms with E-state index in [0.29, 0.717) is 17.1 Å². The molecule has 0 radical (unpaired) electrons. The normalized spacial score (nSPS) is 15.1. The SMILES string of the molecule is CC(C)Nc1ccc(OC(=O)CCC(=O)OCC2(C)Nc3cccc4c(/N=N/c5ccc(/N=N/c6ccccc6)c6ccccc56)ccc(c34)N2)cc1.